The van der Waals surface area contributed by atoms with E-state index in [2.05, 4.69) is 19.9 Å². The summed E-state index contributed by atoms with van der Waals surface area (Å²) >= 11 is 0. The van der Waals surface area contributed by atoms with Gasteiger partial charge in [-0.05, 0) is 42.7 Å². The zero-order valence-electron chi connectivity index (χ0n) is 17.6. The maximum Gasteiger partial charge on any atom is 0.240 e. The first kappa shape index (κ1) is 21.6. The van der Waals surface area contributed by atoms with Crippen molar-refractivity contribution in [3.05, 3.63) is 59.9 Å². The summed E-state index contributed by atoms with van der Waals surface area (Å²) in [6.07, 6.45) is 1.82. The number of halogens is 1. The maximum absolute atomic E-state index is 14.0. The first-order valence-electron chi connectivity index (χ1n) is 10.5. The number of hydrogen-bond acceptors (Lipinski definition) is 4. The number of nitrogens with zero attached hydrogens (tertiary/aromatic N) is 3. The van der Waals surface area contributed by atoms with Crippen molar-refractivity contribution in [3.8, 4) is 0 Å². The van der Waals surface area contributed by atoms with Gasteiger partial charge in [0.15, 0.2) is 5.96 Å². The van der Waals surface area contributed by atoms with Crippen LogP contribution in [0.5, 0.6) is 0 Å². The van der Waals surface area contributed by atoms with E-state index in [1.807, 2.05) is 29.2 Å². The normalized spacial score (nSPS) is 17.7. The lowest BCUT2D eigenvalue weighted by Crippen LogP contribution is -2.52. The predicted molar refractivity (Wildman–Crippen MR) is 120 cm³/mol. The van der Waals surface area contributed by atoms with Crippen LogP contribution in [-0.4, -0.2) is 58.5 Å². The molecule has 0 aromatic heterocycles. The van der Waals surface area contributed by atoms with E-state index in [-0.39, 0.29) is 16.8 Å². The second kappa shape index (κ2) is 9.23. The zero-order valence-corrected chi connectivity index (χ0v) is 18.4. The molecule has 1 aliphatic carbocycles. The predicted octanol–water partition coefficient (Wildman–Crippen LogP) is 2.16. The van der Waals surface area contributed by atoms with Gasteiger partial charge in [-0.2, -0.15) is 0 Å². The number of nitrogens with one attached hydrogen (secondary N) is 2. The topological polar surface area (TPSA) is 77.0 Å². The lowest BCUT2D eigenvalue weighted by Gasteiger charge is -2.37. The number of aliphatic imine (C=N–C) groups is 1. The molecule has 4 rings (SSSR count). The smallest absolute Gasteiger partial charge is 0.240 e. The Hall–Kier alpha value is -2.65. The third-order valence-corrected chi connectivity index (χ3v) is 7.10. The fourth-order valence-electron chi connectivity index (χ4n) is 3.66. The van der Waals surface area contributed by atoms with E-state index in [4.69, 9.17) is 0 Å². The van der Waals surface area contributed by atoms with Crippen molar-refractivity contribution < 1.29 is 12.8 Å². The SMILES string of the molecule is CN=C(NCc1ccc(S(=O)(=O)NC2CC2)cc1)N1CCN(c2ccccc2F)CC1. The molecule has 2 N–H and O–H groups in total. The number of para-hydroxylation sites is 1. The molecule has 0 unspecified atom stereocenters. The van der Waals surface area contributed by atoms with E-state index < -0.39 is 10.0 Å². The van der Waals surface area contributed by atoms with Crippen LogP contribution < -0.4 is 14.9 Å². The van der Waals surface area contributed by atoms with Crippen molar-refractivity contribution in [1.82, 2.24) is 14.9 Å². The zero-order chi connectivity index (χ0) is 21.8. The third-order valence-electron chi connectivity index (χ3n) is 5.57. The molecule has 2 aromatic rings. The van der Waals surface area contributed by atoms with E-state index in [1.54, 1.807) is 25.2 Å². The quantitative estimate of drug-likeness (QED) is 0.526. The Morgan fingerprint density at radius 3 is 2.35 bits per heavy atom. The van der Waals surface area contributed by atoms with E-state index >= 15 is 0 Å². The van der Waals surface area contributed by atoms with Gasteiger partial charge >= 0.3 is 0 Å². The summed E-state index contributed by atoms with van der Waals surface area (Å²) in [5.74, 6) is 0.580. The summed E-state index contributed by atoms with van der Waals surface area (Å²) in [6, 6.07) is 13.8. The van der Waals surface area contributed by atoms with Crippen LogP contribution in [-0.2, 0) is 16.6 Å². The van der Waals surface area contributed by atoms with Crippen LogP contribution in [0.4, 0.5) is 10.1 Å². The molecule has 7 nitrogen and oxygen atoms in total. The van der Waals surface area contributed by atoms with Crippen LogP contribution in [0.1, 0.15) is 18.4 Å². The molecule has 0 atom stereocenters. The molecule has 0 radical (unpaired) electrons. The van der Waals surface area contributed by atoms with Crippen molar-refractivity contribution in [2.24, 2.45) is 4.99 Å². The van der Waals surface area contributed by atoms with Gasteiger partial charge in [-0.1, -0.05) is 24.3 Å². The largest absolute Gasteiger partial charge is 0.366 e. The Kier molecular flexibility index (Phi) is 6.43. The first-order valence-corrected chi connectivity index (χ1v) is 12.0. The molecule has 1 aliphatic heterocycles. The highest BCUT2D eigenvalue weighted by Crippen LogP contribution is 2.22. The van der Waals surface area contributed by atoms with Crippen LogP contribution in [0.3, 0.4) is 0 Å². The van der Waals surface area contributed by atoms with Crippen LogP contribution in [0.2, 0.25) is 0 Å². The molecule has 1 saturated carbocycles. The molecule has 0 amide bonds. The van der Waals surface area contributed by atoms with Gasteiger partial charge in [-0.3, -0.25) is 4.99 Å². The molecule has 0 bridgehead atoms. The van der Waals surface area contributed by atoms with Gasteiger partial charge in [-0.15, -0.1) is 0 Å². The fraction of sp³-hybridized carbons (Fsp3) is 0.409. The lowest BCUT2D eigenvalue weighted by molar-refractivity contribution is 0.370. The summed E-state index contributed by atoms with van der Waals surface area (Å²) in [6.45, 7) is 3.43. The summed E-state index contributed by atoms with van der Waals surface area (Å²) in [5, 5.41) is 3.34. The molecular weight excluding hydrogens is 417 g/mol. The number of rotatable bonds is 6. The third kappa shape index (κ3) is 5.34. The maximum atomic E-state index is 14.0. The first-order chi connectivity index (χ1) is 15.0. The lowest BCUT2D eigenvalue weighted by atomic mass is 10.2. The van der Waals surface area contributed by atoms with Gasteiger partial charge in [0, 0.05) is 45.8 Å². The van der Waals surface area contributed by atoms with Crippen LogP contribution in [0.15, 0.2) is 58.4 Å². The van der Waals surface area contributed by atoms with Gasteiger partial charge in [0.1, 0.15) is 5.82 Å². The van der Waals surface area contributed by atoms with Gasteiger partial charge in [0.2, 0.25) is 10.0 Å². The minimum Gasteiger partial charge on any atom is -0.366 e. The molecule has 2 fully saturated rings. The van der Waals surface area contributed by atoms with Crippen molar-refractivity contribution in [1.29, 1.82) is 0 Å². The van der Waals surface area contributed by atoms with Gasteiger partial charge in [0.25, 0.3) is 0 Å². The molecule has 2 aromatic carbocycles. The van der Waals surface area contributed by atoms with Crippen molar-refractivity contribution in [2.45, 2.75) is 30.3 Å². The molecule has 1 heterocycles. The molecule has 166 valence electrons. The number of hydrogen-bond donors (Lipinski definition) is 2. The molecule has 2 aliphatic rings. The second-order valence-electron chi connectivity index (χ2n) is 7.87. The standard InChI is InChI=1S/C22H28FN5O2S/c1-24-22(28-14-12-27(13-15-28)21-5-3-2-4-20(21)23)25-16-17-6-10-19(11-7-17)31(29,30)26-18-8-9-18/h2-7,10-11,18,26H,8-9,12-16H2,1H3,(H,24,25). The van der Waals surface area contributed by atoms with E-state index in [9.17, 15) is 12.8 Å². The van der Waals surface area contributed by atoms with Gasteiger partial charge in [-0.25, -0.2) is 17.5 Å². The summed E-state index contributed by atoms with van der Waals surface area (Å²) in [4.78, 5) is 8.86. The minimum atomic E-state index is -3.43. The molecule has 9 heteroatoms. The number of benzene rings is 2. The Balaban J connectivity index is 1.30. The number of guanidine groups is 1. The molecular formula is C22H28FN5O2S. The Labute approximate surface area is 183 Å². The van der Waals surface area contributed by atoms with Crippen LogP contribution in [0.25, 0.3) is 0 Å². The summed E-state index contributed by atoms with van der Waals surface area (Å²) in [5.41, 5.74) is 1.60. The number of piperazine rings is 1. The Bertz CT molecular complexity index is 1030. The van der Waals surface area contributed by atoms with Gasteiger partial charge < -0.3 is 15.1 Å². The Morgan fingerprint density at radius 1 is 1.06 bits per heavy atom. The van der Waals surface area contributed by atoms with Gasteiger partial charge in [0.05, 0.1) is 10.6 Å². The average Bonchev–Trinajstić information content (AvgIpc) is 3.59. The molecule has 31 heavy (non-hydrogen) atoms. The second-order valence-corrected chi connectivity index (χ2v) is 9.58. The van der Waals surface area contributed by atoms with Crippen LogP contribution >= 0.6 is 0 Å². The van der Waals surface area contributed by atoms with Crippen molar-refractivity contribution >= 4 is 21.7 Å². The number of sulfonamides is 1. The van der Waals surface area contributed by atoms with E-state index in [0.717, 1.165) is 37.5 Å². The summed E-state index contributed by atoms with van der Waals surface area (Å²) < 4.78 is 41.3. The van der Waals surface area contributed by atoms with Crippen LogP contribution in [0, 0.1) is 5.82 Å². The van der Waals surface area contributed by atoms with E-state index in [1.165, 1.54) is 6.07 Å². The molecule has 0 spiro atoms. The highest BCUT2D eigenvalue weighted by atomic mass is 32.2. The van der Waals surface area contributed by atoms with E-state index in [0.29, 0.717) is 25.3 Å². The van der Waals surface area contributed by atoms with Crippen molar-refractivity contribution in [2.75, 3.05) is 38.1 Å². The highest BCUT2D eigenvalue weighted by molar-refractivity contribution is 7.89. The monoisotopic (exact) mass is 445 g/mol. The fourth-order valence-corrected chi connectivity index (χ4v) is 4.96. The average molecular weight is 446 g/mol. The molecule has 1 saturated heterocycles. The van der Waals surface area contributed by atoms with Crippen molar-refractivity contribution in [3.63, 3.8) is 0 Å². The highest BCUT2D eigenvalue weighted by Gasteiger charge is 2.28. The minimum absolute atomic E-state index is 0.0912. The number of anilines is 1. The summed E-state index contributed by atoms with van der Waals surface area (Å²) in [7, 11) is -1.69. The Morgan fingerprint density at radius 2 is 1.74 bits per heavy atom.